The molecule has 0 bridgehead atoms. The highest BCUT2D eigenvalue weighted by molar-refractivity contribution is 7.99. The first kappa shape index (κ1) is 12.1. The fourth-order valence-corrected chi connectivity index (χ4v) is 3.03. The Labute approximate surface area is 115 Å². The molecule has 0 saturated carbocycles. The minimum atomic E-state index is 0.644. The number of rotatable bonds is 3. The molecule has 0 radical (unpaired) electrons. The molecule has 0 aliphatic rings. The van der Waals surface area contributed by atoms with Gasteiger partial charge in [0.15, 0.2) is 6.29 Å². The summed E-state index contributed by atoms with van der Waals surface area (Å²) in [7, 11) is 0. The van der Waals surface area contributed by atoms with Crippen LogP contribution in [0.5, 0.6) is 0 Å². The van der Waals surface area contributed by atoms with Crippen molar-refractivity contribution in [2.45, 2.75) is 16.8 Å². The number of fused-ring (bicyclic) bond motifs is 1. The van der Waals surface area contributed by atoms with Crippen molar-refractivity contribution in [2.24, 2.45) is 0 Å². The Bertz CT molecular complexity index is 728. The van der Waals surface area contributed by atoms with Gasteiger partial charge in [0.25, 0.3) is 0 Å². The summed E-state index contributed by atoms with van der Waals surface area (Å²) < 4.78 is 0. The van der Waals surface area contributed by atoms with Crippen molar-refractivity contribution in [1.29, 1.82) is 0 Å². The van der Waals surface area contributed by atoms with E-state index in [0.717, 1.165) is 27.0 Å². The van der Waals surface area contributed by atoms with E-state index in [4.69, 9.17) is 0 Å². The van der Waals surface area contributed by atoms with E-state index >= 15 is 0 Å². The van der Waals surface area contributed by atoms with Crippen LogP contribution in [0.15, 0.2) is 58.5 Å². The van der Waals surface area contributed by atoms with Crippen molar-refractivity contribution in [3.05, 3.63) is 59.8 Å². The average molecular weight is 267 g/mol. The lowest BCUT2D eigenvalue weighted by molar-refractivity contribution is 0.112. The topological polar surface area (TPSA) is 32.9 Å². The third-order valence-electron chi connectivity index (χ3n) is 3.07. The van der Waals surface area contributed by atoms with Crippen LogP contribution in [0.3, 0.4) is 0 Å². The lowest BCUT2D eigenvalue weighted by Crippen LogP contribution is -1.79. The van der Waals surface area contributed by atoms with Gasteiger partial charge in [-0.15, -0.1) is 0 Å². The Morgan fingerprint density at radius 3 is 2.37 bits per heavy atom. The molecule has 3 heteroatoms. The number of H-pyrrole nitrogens is 1. The summed E-state index contributed by atoms with van der Waals surface area (Å²) >= 11 is 1.65. The number of aldehydes is 1. The van der Waals surface area contributed by atoms with Crippen LogP contribution >= 0.6 is 11.8 Å². The van der Waals surface area contributed by atoms with Gasteiger partial charge in [-0.05, 0) is 19.1 Å². The molecule has 0 atom stereocenters. The summed E-state index contributed by atoms with van der Waals surface area (Å²) in [5.74, 6) is 0. The van der Waals surface area contributed by atoms with Crippen LogP contribution in [-0.4, -0.2) is 11.3 Å². The number of hydrogen-bond donors (Lipinski definition) is 1. The van der Waals surface area contributed by atoms with Crippen LogP contribution in [0.4, 0.5) is 0 Å². The third kappa shape index (κ3) is 2.29. The van der Waals surface area contributed by atoms with Gasteiger partial charge in [0.1, 0.15) is 0 Å². The van der Waals surface area contributed by atoms with Crippen LogP contribution in [0.25, 0.3) is 10.8 Å². The van der Waals surface area contributed by atoms with E-state index in [1.165, 1.54) is 5.56 Å². The van der Waals surface area contributed by atoms with E-state index in [9.17, 15) is 4.79 Å². The van der Waals surface area contributed by atoms with Crippen molar-refractivity contribution >= 4 is 28.8 Å². The summed E-state index contributed by atoms with van der Waals surface area (Å²) in [4.78, 5) is 15.4. The molecule has 0 aliphatic carbocycles. The highest BCUT2D eigenvalue weighted by atomic mass is 32.2. The van der Waals surface area contributed by atoms with Crippen molar-refractivity contribution in [3.8, 4) is 0 Å². The van der Waals surface area contributed by atoms with Gasteiger partial charge in [0, 0.05) is 15.7 Å². The molecule has 3 aromatic rings. The van der Waals surface area contributed by atoms with Crippen LogP contribution < -0.4 is 0 Å². The normalized spacial score (nSPS) is 10.8. The van der Waals surface area contributed by atoms with Gasteiger partial charge in [0.2, 0.25) is 0 Å². The molecule has 0 aliphatic heterocycles. The maximum atomic E-state index is 11.1. The molecule has 0 spiro atoms. The zero-order valence-corrected chi connectivity index (χ0v) is 11.3. The van der Waals surface area contributed by atoms with Gasteiger partial charge in [-0.2, -0.15) is 0 Å². The smallest absolute Gasteiger partial charge is 0.166 e. The second kappa shape index (κ2) is 4.94. The van der Waals surface area contributed by atoms with Gasteiger partial charge in [-0.1, -0.05) is 53.7 Å². The number of carbonyl (C=O) groups excluding carboxylic acids is 1. The third-order valence-corrected chi connectivity index (χ3v) is 4.10. The quantitative estimate of drug-likeness (QED) is 0.712. The van der Waals surface area contributed by atoms with Gasteiger partial charge in [0.05, 0.1) is 10.7 Å². The molecule has 0 unspecified atom stereocenters. The predicted octanol–water partition coefficient (Wildman–Crippen LogP) is 4.44. The van der Waals surface area contributed by atoms with E-state index in [0.29, 0.717) is 5.69 Å². The maximum absolute atomic E-state index is 11.1. The van der Waals surface area contributed by atoms with Gasteiger partial charge in [-0.25, -0.2) is 0 Å². The molecule has 2 aromatic carbocycles. The molecule has 1 aromatic heterocycles. The maximum Gasteiger partial charge on any atom is 0.166 e. The van der Waals surface area contributed by atoms with Crippen LogP contribution in [0, 0.1) is 6.92 Å². The lowest BCUT2D eigenvalue weighted by Gasteiger charge is -2.00. The Morgan fingerprint density at radius 1 is 1.00 bits per heavy atom. The van der Waals surface area contributed by atoms with Crippen LogP contribution in [0.2, 0.25) is 0 Å². The van der Waals surface area contributed by atoms with E-state index in [1.54, 1.807) is 11.8 Å². The standard InChI is InChI=1S/C16H13NOS/c1-11-6-8-12(9-7-11)19-16-14-5-3-2-4-13(14)15(10-18)17-16/h2-10,17H,1H3. The van der Waals surface area contributed by atoms with Crippen LogP contribution in [-0.2, 0) is 0 Å². The average Bonchev–Trinajstić information content (AvgIpc) is 2.80. The van der Waals surface area contributed by atoms with Crippen molar-refractivity contribution in [1.82, 2.24) is 4.98 Å². The minimum Gasteiger partial charge on any atom is -0.346 e. The zero-order chi connectivity index (χ0) is 13.2. The second-order valence-electron chi connectivity index (χ2n) is 4.45. The van der Waals surface area contributed by atoms with E-state index in [2.05, 4.69) is 36.2 Å². The number of aromatic amines is 1. The molecule has 3 rings (SSSR count). The largest absolute Gasteiger partial charge is 0.346 e. The highest BCUT2D eigenvalue weighted by Crippen LogP contribution is 2.34. The summed E-state index contributed by atoms with van der Waals surface area (Å²) in [6.07, 6.45) is 0.877. The molecule has 0 amide bonds. The molecule has 1 N–H and O–H groups in total. The summed E-state index contributed by atoms with van der Waals surface area (Å²) in [5.41, 5.74) is 1.89. The van der Waals surface area contributed by atoms with E-state index in [-0.39, 0.29) is 0 Å². The summed E-state index contributed by atoms with van der Waals surface area (Å²) in [6.45, 7) is 2.07. The van der Waals surface area contributed by atoms with E-state index < -0.39 is 0 Å². The lowest BCUT2D eigenvalue weighted by atomic mass is 10.2. The molecule has 94 valence electrons. The van der Waals surface area contributed by atoms with Crippen molar-refractivity contribution in [3.63, 3.8) is 0 Å². The SMILES string of the molecule is Cc1ccc(Sc2[nH]c(C=O)c3ccccc23)cc1. The minimum absolute atomic E-state index is 0.644. The first-order valence-electron chi connectivity index (χ1n) is 6.08. The van der Waals surface area contributed by atoms with Gasteiger partial charge in [-0.3, -0.25) is 4.79 Å². The number of carbonyl (C=O) groups is 1. The molecular formula is C16H13NOS. The molecule has 0 fully saturated rings. The first-order valence-corrected chi connectivity index (χ1v) is 6.90. The van der Waals surface area contributed by atoms with Crippen LogP contribution in [0.1, 0.15) is 16.1 Å². The molecular weight excluding hydrogens is 254 g/mol. The Hall–Kier alpha value is -2.00. The Balaban J connectivity index is 2.05. The monoisotopic (exact) mass is 267 g/mol. The van der Waals surface area contributed by atoms with Crippen molar-refractivity contribution in [2.75, 3.05) is 0 Å². The Morgan fingerprint density at radius 2 is 1.68 bits per heavy atom. The molecule has 19 heavy (non-hydrogen) atoms. The number of nitrogens with one attached hydrogen (secondary N) is 1. The predicted molar refractivity (Wildman–Crippen MR) is 79.0 cm³/mol. The number of aryl methyl sites for hydroxylation is 1. The number of aromatic nitrogens is 1. The van der Waals surface area contributed by atoms with Gasteiger partial charge >= 0.3 is 0 Å². The van der Waals surface area contributed by atoms with Crippen molar-refractivity contribution < 1.29 is 4.79 Å². The summed E-state index contributed by atoms with van der Waals surface area (Å²) in [5, 5.41) is 3.09. The second-order valence-corrected chi connectivity index (χ2v) is 5.53. The number of hydrogen-bond acceptors (Lipinski definition) is 2. The highest BCUT2D eigenvalue weighted by Gasteiger charge is 2.10. The molecule has 0 saturated heterocycles. The van der Waals surface area contributed by atoms with Gasteiger partial charge < -0.3 is 4.98 Å². The van der Waals surface area contributed by atoms with E-state index in [1.807, 2.05) is 24.3 Å². The Kier molecular flexibility index (Phi) is 3.13. The first-order chi connectivity index (χ1) is 9.28. The molecule has 2 nitrogen and oxygen atoms in total. The fraction of sp³-hybridized carbons (Fsp3) is 0.0625. The molecule has 1 heterocycles. The zero-order valence-electron chi connectivity index (χ0n) is 10.5. The number of benzene rings is 2. The summed E-state index contributed by atoms with van der Waals surface area (Å²) in [6, 6.07) is 16.3. The fourth-order valence-electron chi connectivity index (χ4n) is 2.07.